The Kier molecular flexibility index (Phi) is 10.1. The molecule has 0 atom stereocenters. The van der Waals surface area contributed by atoms with Crippen molar-refractivity contribution in [2.75, 3.05) is 39.3 Å². The minimum Gasteiger partial charge on any atom is -0.492 e. The van der Waals surface area contributed by atoms with Crippen molar-refractivity contribution in [1.29, 1.82) is 5.41 Å². The van der Waals surface area contributed by atoms with E-state index in [1.54, 1.807) is 6.07 Å². The van der Waals surface area contributed by atoms with Gasteiger partial charge < -0.3 is 9.64 Å². The third kappa shape index (κ3) is 7.55. The van der Waals surface area contributed by atoms with Crippen LogP contribution < -0.4 is 4.74 Å². The number of nitrogens with zero attached hydrogens (tertiary/aromatic N) is 2. The number of aryl methyl sites for hydroxylation is 2. The van der Waals surface area contributed by atoms with Crippen LogP contribution in [0.3, 0.4) is 0 Å². The third-order valence-corrected chi connectivity index (χ3v) is 5.21. The molecule has 0 aliphatic carbocycles. The fourth-order valence-electron chi connectivity index (χ4n) is 3.52. The molecule has 0 aromatic heterocycles. The van der Waals surface area contributed by atoms with Crippen LogP contribution in [0.5, 0.6) is 5.75 Å². The van der Waals surface area contributed by atoms with Crippen molar-refractivity contribution in [3.8, 4) is 5.75 Å². The molecule has 5 nitrogen and oxygen atoms in total. The Morgan fingerprint density at radius 3 is 2.12 bits per heavy atom. The first-order valence-electron chi connectivity index (χ1n) is 9.99. The Balaban J connectivity index is 0.00000114. The van der Waals surface area contributed by atoms with Crippen LogP contribution in [0.2, 0.25) is 0 Å². The number of hydrogen-bond donors (Lipinski definition) is 1. The summed E-state index contributed by atoms with van der Waals surface area (Å²) < 4.78 is 47.9. The maximum atomic E-state index is 12.9. The molecular weight excluding hydrogens is 466 g/mol. The molecule has 0 spiro atoms. The van der Waals surface area contributed by atoms with Crippen molar-refractivity contribution in [3.05, 3.63) is 64.7 Å². The van der Waals surface area contributed by atoms with Gasteiger partial charge in [0.1, 0.15) is 18.2 Å². The van der Waals surface area contributed by atoms with Gasteiger partial charge in [0, 0.05) is 38.3 Å². The number of alkyl halides is 3. The predicted octanol–water partition coefficient (Wildman–Crippen LogP) is 5.65. The van der Waals surface area contributed by atoms with Crippen LogP contribution >= 0.6 is 23.7 Å². The Morgan fingerprint density at radius 1 is 1.00 bits per heavy atom. The SMILES string of the molecule is Cc1cccc(C)c1OCCN1CCN(C(=N)c2cccc(C(F)(F)F)c2)CC1.ClOCl. The van der Waals surface area contributed by atoms with E-state index in [2.05, 4.69) is 32.5 Å². The normalized spacial score (nSPS) is 14.5. The zero-order valence-corrected chi connectivity index (χ0v) is 19.4. The number of piperazine rings is 1. The van der Waals surface area contributed by atoms with E-state index >= 15 is 0 Å². The summed E-state index contributed by atoms with van der Waals surface area (Å²) in [7, 11) is 0. The molecule has 1 aliphatic heterocycles. The summed E-state index contributed by atoms with van der Waals surface area (Å²) in [6.07, 6.45) is -4.40. The van der Waals surface area contributed by atoms with Gasteiger partial charge >= 0.3 is 6.18 Å². The van der Waals surface area contributed by atoms with Gasteiger partial charge in [-0.25, -0.2) is 0 Å². The van der Waals surface area contributed by atoms with Gasteiger partial charge in [-0.05, 0) is 37.1 Å². The highest BCUT2D eigenvalue weighted by atomic mass is 35.6. The van der Waals surface area contributed by atoms with Crippen LogP contribution in [0, 0.1) is 19.3 Å². The van der Waals surface area contributed by atoms with Gasteiger partial charge in [-0.15, -0.1) is 0 Å². The van der Waals surface area contributed by atoms with Crippen molar-refractivity contribution >= 4 is 29.6 Å². The highest BCUT2D eigenvalue weighted by Gasteiger charge is 2.31. The van der Waals surface area contributed by atoms with Crippen molar-refractivity contribution in [2.24, 2.45) is 0 Å². The number of halogens is 5. The van der Waals surface area contributed by atoms with Crippen LogP contribution in [0.25, 0.3) is 0 Å². The Labute approximate surface area is 196 Å². The van der Waals surface area contributed by atoms with Gasteiger partial charge in [0.25, 0.3) is 0 Å². The summed E-state index contributed by atoms with van der Waals surface area (Å²) in [5.41, 5.74) is 1.81. The second kappa shape index (κ2) is 12.3. The largest absolute Gasteiger partial charge is 0.492 e. The molecule has 3 rings (SSSR count). The monoisotopic (exact) mass is 491 g/mol. The quantitative estimate of drug-likeness (QED) is 0.433. The topological polar surface area (TPSA) is 48.8 Å². The number of ether oxygens (including phenoxy) is 1. The first kappa shape index (κ1) is 26.3. The molecule has 0 unspecified atom stereocenters. The van der Waals surface area contributed by atoms with Crippen LogP contribution in [0.4, 0.5) is 13.2 Å². The lowest BCUT2D eigenvalue weighted by Crippen LogP contribution is -2.49. The molecule has 0 saturated carbocycles. The van der Waals surface area contributed by atoms with Crippen LogP contribution in [0.1, 0.15) is 22.3 Å². The zero-order chi connectivity index (χ0) is 23.7. The zero-order valence-electron chi connectivity index (χ0n) is 17.9. The van der Waals surface area contributed by atoms with Crippen molar-refractivity contribution in [3.63, 3.8) is 0 Å². The molecule has 2 aromatic rings. The van der Waals surface area contributed by atoms with E-state index in [1.807, 2.05) is 36.9 Å². The molecule has 1 saturated heterocycles. The Hall–Kier alpha value is -2.00. The highest BCUT2D eigenvalue weighted by molar-refractivity contribution is 6.24. The molecule has 0 bridgehead atoms. The van der Waals surface area contributed by atoms with Gasteiger partial charge in [-0.1, -0.05) is 30.3 Å². The van der Waals surface area contributed by atoms with Gasteiger partial charge in [0.15, 0.2) is 0 Å². The lowest BCUT2D eigenvalue weighted by atomic mass is 10.1. The fraction of sp³-hybridized carbons (Fsp3) is 0.409. The van der Waals surface area contributed by atoms with E-state index in [1.165, 1.54) is 6.07 Å². The number of hydrogen-bond acceptors (Lipinski definition) is 4. The lowest BCUT2D eigenvalue weighted by molar-refractivity contribution is -0.137. The van der Waals surface area contributed by atoms with Crippen LogP contribution in [-0.2, 0) is 10.0 Å². The second-order valence-corrected chi connectivity index (χ2v) is 7.85. The summed E-state index contributed by atoms with van der Waals surface area (Å²) in [4.78, 5) is 4.09. The summed E-state index contributed by atoms with van der Waals surface area (Å²) in [5.74, 6) is 1.07. The lowest BCUT2D eigenvalue weighted by Gasteiger charge is -2.36. The maximum absolute atomic E-state index is 12.9. The number of rotatable bonds is 5. The molecule has 176 valence electrons. The molecule has 1 N–H and O–H groups in total. The summed E-state index contributed by atoms with van der Waals surface area (Å²) >= 11 is 8.53. The molecule has 32 heavy (non-hydrogen) atoms. The third-order valence-electron chi connectivity index (χ3n) is 5.21. The molecule has 0 radical (unpaired) electrons. The van der Waals surface area contributed by atoms with E-state index in [0.29, 0.717) is 25.3 Å². The molecule has 1 fully saturated rings. The predicted molar refractivity (Wildman–Crippen MR) is 120 cm³/mol. The van der Waals surface area contributed by atoms with Crippen LogP contribution in [-0.4, -0.2) is 55.0 Å². The van der Waals surface area contributed by atoms with E-state index in [-0.39, 0.29) is 5.84 Å². The van der Waals surface area contributed by atoms with E-state index in [4.69, 9.17) is 10.1 Å². The second-order valence-electron chi connectivity index (χ2n) is 7.38. The molecule has 0 amide bonds. The van der Waals surface area contributed by atoms with Gasteiger partial charge in [-0.3, -0.25) is 10.3 Å². The smallest absolute Gasteiger partial charge is 0.416 e. The molecule has 1 heterocycles. The maximum Gasteiger partial charge on any atom is 0.416 e. The first-order valence-corrected chi connectivity index (χ1v) is 10.6. The van der Waals surface area contributed by atoms with Gasteiger partial charge in [0.2, 0.25) is 0 Å². The standard InChI is InChI=1S/C22H26F3N3O.Cl2O/c1-16-5-3-6-17(2)20(16)29-14-13-27-9-11-28(12-10-27)21(26)18-7-4-8-19(15-18)22(23,24)25;1-3-2/h3-8,15,26H,9-14H2,1-2H3;. The average molecular weight is 492 g/mol. The number of amidine groups is 1. The highest BCUT2D eigenvalue weighted by Crippen LogP contribution is 2.30. The average Bonchev–Trinajstić information content (AvgIpc) is 2.76. The summed E-state index contributed by atoms with van der Waals surface area (Å²) in [5, 5.41) is 8.30. The number of para-hydroxylation sites is 1. The molecule has 10 heteroatoms. The number of benzene rings is 2. The van der Waals surface area contributed by atoms with Crippen molar-refractivity contribution in [1.82, 2.24) is 9.80 Å². The minimum atomic E-state index is -4.40. The minimum absolute atomic E-state index is 0.141. The van der Waals surface area contributed by atoms with Crippen molar-refractivity contribution in [2.45, 2.75) is 20.0 Å². The van der Waals surface area contributed by atoms with E-state index in [9.17, 15) is 13.2 Å². The number of nitrogens with one attached hydrogen (secondary N) is 1. The van der Waals surface area contributed by atoms with Crippen LogP contribution in [0.15, 0.2) is 42.5 Å². The van der Waals surface area contributed by atoms with E-state index in [0.717, 1.165) is 48.6 Å². The van der Waals surface area contributed by atoms with E-state index < -0.39 is 11.7 Å². The fourth-order valence-corrected chi connectivity index (χ4v) is 3.52. The Bertz CT molecular complexity index is 869. The summed E-state index contributed by atoms with van der Waals surface area (Å²) in [6.45, 7) is 8.13. The van der Waals surface area contributed by atoms with Gasteiger partial charge in [-0.2, -0.15) is 17.0 Å². The molecular formula is C22H26Cl2F3N3O2. The summed E-state index contributed by atoms with van der Waals surface area (Å²) in [6, 6.07) is 11.1. The van der Waals surface area contributed by atoms with Gasteiger partial charge in [0.05, 0.1) is 29.3 Å². The molecule has 1 aliphatic rings. The van der Waals surface area contributed by atoms with Crippen molar-refractivity contribution < 1.29 is 21.7 Å². The molecule has 2 aromatic carbocycles. The Morgan fingerprint density at radius 2 is 1.56 bits per heavy atom. The first-order chi connectivity index (χ1) is 15.2.